The van der Waals surface area contributed by atoms with Gasteiger partial charge >= 0.3 is 17.2 Å². The largest absolute Gasteiger partial charge is 0.395 e. The number of methoxy groups -OCH3 is 1. The van der Waals surface area contributed by atoms with Gasteiger partial charge in [0.25, 0.3) is 0 Å². The van der Waals surface area contributed by atoms with E-state index < -0.39 is 48.2 Å². The average Bonchev–Trinajstić information content (AvgIpc) is 2.62. The maximum absolute atomic E-state index is 10.0. The van der Waals surface area contributed by atoms with Gasteiger partial charge in [0, 0.05) is 13.7 Å². The Morgan fingerprint density at radius 3 is 1.85 bits per heavy atom. The van der Waals surface area contributed by atoms with Crippen LogP contribution in [-0.4, -0.2) is 77.2 Å². The molecule has 0 saturated carbocycles. The summed E-state index contributed by atoms with van der Waals surface area (Å²) in [7, 11) is -4.03. The first-order valence-electron chi connectivity index (χ1n) is 8.32. The molecule has 0 aliphatic heterocycles. The first-order valence-corrected chi connectivity index (χ1v) is 10.6. The van der Waals surface area contributed by atoms with Crippen molar-refractivity contribution >= 4 is 17.2 Å². The zero-order valence-electron chi connectivity index (χ0n) is 15.5. The van der Waals surface area contributed by atoms with Gasteiger partial charge in [-0.2, -0.15) is 0 Å². The highest BCUT2D eigenvalue weighted by Gasteiger charge is 2.53. The third-order valence-electron chi connectivity index (χ3n) is 4.02. The molecule has 0 rings (SSSR count). The molecule has 0 fully saturated rings. The Morgan fingerprint density at radius 1 is 0.885 bits per heavy atom. The Kier molecular flexibility index (Phi) is 14.7. The monoisotopic (exact) mass is 422 g/mol. The van der Waals surface area contributed by atoms with Gasteiger partial charge in [0.05, 0.1) is 38.4 Å². The van der Waals surface area contributed by atoms with Crippen LogP contribution in [0.1, 0.15) is 33.1 Å². The van der Waals surface area contributed by atoms with Gasteiger partial charge < -0.3 is 47.9 Å². The summed E-state index contributed by atoms with van der Waals surface area (Å²) >= 11 is 0. The van der Waals surface area contributed by atoms with Crippen molar-refractivity contribution in [2.75, 3.05) is 46.8 Å². The van der Waals surface area contributed by atoms with Crippen molar-refractivity contribution < 1.29 is 47.9 Å². The van der Waals surface area contributed by atoms with Crippen molar-refractivity contribution in [3.63, 3.8) is 0 Å². The van der Waals surface area contributed by atoms with Crippen LogP contribution in [0.15, 0.2) is 0 Å². The standard InChI is InChI=1S/C14H32O10P2/c1-4-6-7-21-8-9-22-14(5-2,20-3)13(10-15,11-23-25(16)17)12-24-26(18)19/h15-19H,4-12H2,1-3H3. The Labute approximate surface area is 157 Å². The van der Waals surface area contributed by atoms with Gasteiger partial charge in [-0.1, -0.05) is 20.3 Å². The second-order valence-corrected chi connectivity index (χ2v) is 7.14. The van der Waals surface area contributed by atoms with E-state index in [9.17, 15) is 5.11 Å². The molecule has 0 spiro atoms. The number of rotatable bonds is 17. The number of ether oxygens (including phenoxy) is 3. The fourth-order valence-corrected chi connectivity index (χ4v) is 3.22. The van der Waals surface area contributed by atoms with Gasteiger partial charge in [0.15, 0.2) is 5.79 Å². The van der Waals surface area contributed by atoms with E-state index in [1.165, 1.54) is 7.11 Å². The molecule has 0 aliphatic rings. The van der Waals surface area contributed by atoms with Crippen LogP contribution in [0, 0.1) is 5.41 Å². The van der Waals surface area contributed by atoms with Gasteiger partial charge in [-0.15, -0.1) is 0 Å². The van der Waals surface area contributed by atoms with Crippen LogP contribution in [0.5, 0.6) is 0 Å². The SMILES string of the molecule is CCCCOCCOC(CC)(OC)C(CO)(COP(O)O)COP(O)O. The van der Waals surface area contributed by atoms with Crippen LogP contribution < -0.4 is 0 Å². The fraction of sp³-hybridized carbons (Fsp3) is 1.00. The number of unbranched alkanes of at least 4 members (excludes halogenated alkanes) is 1. The number of aliphatic hydroxyl groups is 1. The molecule has 0 aliphatic carbocycles. The van der Waals surface area contributed by atoms with Crippen molar-refractivity contribution in [2.24, 2.45) is 5.41 Å². The summed E-state index contributed by atoms with van der Waals surface area (Å²) in [4.78, 5) is 36.3. The lowest BCUT2D eigenvalue weighted by molar-refractivity contribution is -0.311. The predicted octanol–water partition coefficient (Wildman–Crippen LogP) is 1.01. The molecule has 12 heteroatoms. The van der Waals surface area contributed by atoms with Crippen LogP contribution in [0.2, 0.25) is 0 Å². The Balaban J connectivity index is 5.23. The molecule has 10 nitrogen and oxygen atoms in total. The van der Waals surface area contributed by atoms with E-state index >= 15 is 0 Å². The molecule has 0 aromatic carbocycles. The van der Waals surface area contributed by atoms with Gasteiger partial charge in [0.1, 0.15) is 0 Å². The molecule has 0 saturated heterocycles. The first-order chi connectivity index (χ1) is 12.3. The smallest absolute Gasteiger partial charge is 0.327 e. The highest BCUT2D eigenvalue weighted by Crippen LogP contribution is 2.44. The van der Waals surface area contributed by atoms with E-state index in [1.807, 2.05) is 0 Å². The molecule has 0 radical (unpaired) electrons. The molecule has 0 heterocycles. The third-order valence-corrected chi connectivity index (χ3v) is 4.74. The van der Waals surface area contributed by atoms with Gasteiger partial charge in [-0.25, -0.2) is 0 Å². The van der Waals surface area contributed by atoms with Crippen molar-refractivity contribution in [3.05, 3.63) is 0 Å². The second kappa shape index (κ2) is 14.5. The molecule has 0 aromatic heterocycles. The lowest BCUT2D eigenvalue weighted by atomic mass is 9.79. The number of hydrogen-bond acceptors (Lipinski definition) is 10. The van der Waals surface area contributed by atoms with Gasteiger partial charge in [-0.05, 0) is 12.8 Å². The van der Waals surface area contributed by atoms with Crippen LogP contribution >= 0.6 is 17.2 Å². The van der Waals surface area contributed by atoms with E-state index in [1.54, 1.807) is 6.92 Å². The topological polar surface area (TPSA) is 147 Å². The van der Waals surface area contributed by atoms with Crippen LogP contribution in [-0.2, 0) is 23.3 Å². The molecular weight excluding hydrogens is 390 g/mol. The summed E-state index contributed by atoms with van der Waals surface area (Å²) in [6, 6.07) is 0. The first kappa shape index (κ1) is 26.5. The Hall–Kier alpha value is 0.460. The molecule has 5 N–H and O–H groups in total. The van der Waals surface area contributed by atoms with Gasteiger partial charge in [-0.3, -0.25) is 0 Å². The summed E-state index contributed by atoms with van der Waals surface area (Å²) in [6.07, 6.45) is 2.19. The summed E-state index contributed by atoms with van der Waals surface area (Å²) in [5, 5.41) is 10.0. The number of aliphatic hydroxyl groups excluding tert-OH is 1. The molecule has 0 bridgehead atoms. The van der Waals surface area contributed by atoms with Crippen molar-refractivity contribution in [3.8, 4) is 0 Å². The molecule has 158 valence electrons. The number of hydrogen-bond donors (Lipinski definition) is 5. The lowest BCUT2D eigenvalue weighted by Crippen LogP contribution is -2.58. The normalized spacial score (nSPS) is 15.0. The highest BCUT2D eigenvalue weighted by molar-refractivity contribution is 7.39. The van der Waals surface area contributed by atoms with Crippen LogP contribution in [0.3, 0.4) is 0 Å². The van der Waals surface area contributed by atoms with E-state index in [0.29, 0.717) is 13.2 Å². The third kappa shape index (κ3) is 8.65. The predicted molar refractivity (Wildman–Crippen MR) is 95.8 cm³/mol. The minimum absolute atomic E-state index is 0.146. The maximum atomic E-state index is 10.0. The lowest BCUT2D eigenvalue weighted by Gasteiger charge is -2.47. The second-order valence-electron chi connectivity index (χ2n) is 5.62. The highest BCUT2D eigenvalue weighted by atomic mass is 31.2. The summed E-state index contributed by atoms with van der Waals surface area (Å²) in [5.74, 6) is -1.44. The molecular formula is C14H32O10P2. The minimum Gasteiger partial charge on any atom is -0.395 e. The Morgan fingerprint density at radius 2 is 1.46 bits per heavy atom. The average molecular weight is 422 g/mol. The fourth-order valence-electron chi connectivity index (χ4n) is 2.50. The van der Waals surface area contributed by atoms with Crippen molar-refractivity contribution in [1.82, 2.24) is 0 Å². The zero-order valence-corrected chi connectivity index (χ0v) is 17.3. The molecule has 0 amide bonds. The van der Waals surface area contributed by atoms with Crippen LogP contribution in [0.25, 0.3) is 0 Å². The van der Waals surface area contributed by atoms with E-state index in [2.05, 4.69) is 6.92 Å². The Bertz CT molecular complexity index is 330. The van der Waals surface area contributed by atoms with Crippen molar-refractivity contribution in [1.29, 1.82) is 0 Å². The molecule has 1 atom stereocenters. The summed E-state index contributed by atoms with van der Waals surface area (Å²) < 4.78 is 26.6. The van der Waals surface area contributed by atoms with Gasteiger partial charge in [0.2, 0.25) is 0 Å². The molecule has 26 heavy (non-hydrogen) atoms. The summed E-state index contributed by atoms with van der Waals surface area (Å²) in [5.41, 5.74) is -1.43. The minimum atomic E-state index is -2.70. The molecule has 1 unspecified atom stereocenters. The van der Waals surface area contributed by atoms with E-state index in [4.69, 9.17) is 42.8 Å². The quantitative estimate of drug-likeness (QED) is 0.131. The zero-order chi connectivity index (χ0) is 20.1. The van der Waals surface area contributed by atoms with Crippen molar-refractivity contribution in [2.45, 2.75) is 38.9 Å². The maximum Gasteiger partial charge on any atom is 0.327 e. The summed E-state index contributed by atoms with van der Waals surface area (Å²) in [6.45, 7) is 3.46. The van der Waals surface area contributed by atoms with E-state index in [-0.39, 0.29) is 13.0 Å². The van der Waals surface area contributed by atoms with Crippen LogP contribution in [0.4, 0.5) is 0 Å². The van der Waals surface area contributed by atoms with E-state index in [0.717, 1.165) is 12.8 Å². The molecule has 0 aromatic rings.